The second kappa shape index (κ2) is 5.44. The summed E-state index contributed by atoms with van der Waals surface area (Å²) in [4.78, 5) is 0. The van der Waals surface area contributed by atoms with Gasteiger partial charge < -0.3 is 9.88 Å². The summed E-state index contributed by atoms with van der Waals surface area (Å²) in [5.41, 5.74) is -1.09. The van der Waals surface area contributed by atoms with E-state index >= 15 is 0 Å². The van der Waals surface area contributed by atoms with Crippen LogP contribution in [0.1, 0.15) is 22.8 Å². The number of rotatable bonds is 3. The highest BCUT2D eigenvalue weighted by atomic mass is 19.4. The number of aryl methyl sites for hydroxylation is 1. The van der Waals surface area contributed by atoms with Gasteiger partial charge in [-0.3, -0.25) is 0 Å². The SMILES string of the molecule is Cc1nnc(CNc2ccc(C#N)c(C(F)(F)F)c2)n1C. The number of aromatic nitrogens is 3. The van der Waals surface area contributed by atoms with E-state index in [1.165, 1.54) is 6.07 Å². The lowest BCUT2D eigenvalue weighted by Crippen LogP contribution is -2.10. The summed E-state index contributed by atoms with van der Waals surface area (Å²) in [5, 5.41) is 19.3. The van der Waals surface area contributed by atoms with Gasteiger partial charge in [0.15, 0.2) is 5.82 Å². The van der Waals surface area contributed by atoms with Crippen molar-refractivity contribution < 1.29 is 13.2 Å². The van der Waals surface area contributed by atoms with Crippen molar-refractivity contribution in [2.75, 3.05) is 5.32 Å². The van der Waals surface area contributed by atoms with Gasteiger partial charge in [-0.05, 0) is 25.1 Å². The Hall–Kier alpha value is -2.56. The van der Waals surface area contributed by atoms with Crippen LogP contribution in [-0.4, -0.2) is 14.8 Å². The zero-order valence-corrected chi connectivity index (χ0v) is 11.4. The van der Waals surface area contributed by atoms with E-state index in [0.29, 0.717) is 11.6 Å². The Labute approximate surface area is 119 Å². The number of hydrogen-bond acceptors (Lipinski definition) is 4. The van der Waals surface area contributed by atoms with Crippen molar-refractivity contribution in [1.82, 2.24) is 14.8 Å². The predicted octanol–water partition coefficient (Wildman–Crippen LogP) is 2.63. The van der Waals surface area contributed by atoms with Crippen LogP contribution < -0.4 is 5.32 Å². The molecular formula is C13H12F3N5. The average Bonchev–Trinajstić information content (AvgIpc) is 2.75. The van der Waals surface area contributed by atoms with E-state index in [1.54, 1.807) is 24.6 Å². The summed E-state index contributed by atoms with van der Waals surface area (Å²) in [7, 11) is 1.77. The highest BCUT2D eigenvalue weighted by Crippen LogP contribution is 2.33. The molecule has 0 saturated carbocycles. The minimum Gasteiger partial charge on any atom is -0.378 e. The highest BCUT2D eigenvalue weighted by Gasteiger charge is 2.33. The van der Waals surface area contributed by atoms with E-state index in [0.717, 1.165) is 12.1 Å². The van der Waals surface area contributed by atoms with E-state index in [2.05, 4.69) is 15.5 Å². The molecule has 0 unspecified atom stereocenters. The van der Waals surface area contributed by atoms with Gasteiger partial charge in [-0.25, -0.2) is 0 Å². The third-order valence-electron chi connectivity index (χ3n) is 3.08. The van der Waals surface area contributed by atoms with Gasteiger partial charge in [0.05, 0.1) is 23.7 Å². The average molecular weight is 295 g/mol. The molecule has 1 heterocycles. The van der Waals surface area contributed by atoms with Crippen LogP contribution in [0.25, 0.3) is 0 Å². The van der Waals surface area contributed by atoms with Crippen LogP contribution in [0, 0.1) is 18.3 Å². The molecule has 0 atom stereocenters. The van der Waals surface area contributed by atoms with Gasteiger partial charge in [0.1, 0.15) is 5.82 Å². The fraction of sp³-hybridized carbons (Fsp3) is 0.308. The molecule has 110 valence electrons. The topological polar surface area (TPSA) is 66.5 Å². The van der Waals surface area contributed by atoms with Crippen molar-refractivity contribution in [2.45, 2.75) is 19.6 Å². The first-order valence-corrected chi connectivity index (χ1v) is 6.03. The third-order valence-corrected chi connectivity index (χ3v) is 3.08. The Kier molecular flexibility index (Phi) is 3.84. The molecule has 0 amide bonds. The molecule has 0 saturated heterocycles. The second-order valence-corrected chi connectivity index (χ2v) is 4.45. The van der Waals surface area contributed by atoms with Gasteiger partial charge >= 0.3 is 6.18 Å². The molecule has 2 rings (SSSR count). The molecule has 8 heteroatoms. The standard InChI is InChI=1S/C13H12F3N5/c1-8-19-20-12(21(8)2)7-18-10-4-3-9(6-17)11(5-10)13(14,15)16/h3-5,18H,7H2,1-2H3. The Morgan fingerprint density at radius 3 is 2.57 bits per heavy atom. The van der Waals surface area contributed by atoms with Gasteiger partial charge in [-0.2, -0.15) is 18.4 Å². The van der Waals surface area contributed by atoms with Crippen LogP contribution in [0.5, 0.6) is 0 Å². The first kappa shape index (κ1) is 14.8. The normalized spacial score (nSPS) is 11.2. The molecule has 5 nitrogen and oxygen atoms in total. The van der Waals surface area contributed by atoms with Gasteiger partial charge in [0.25, 0.3) is 0 Å². The van der Waals surface area contributed by atoms with Crippen LogP contribution in [0.4, 0.5) is 18.9 Å². The quantitative estimate of drug-likeness (QED) is 0.945. The summed E-state index contributed by atoms with van der Waals surface area (Å²) < 4.78 is 40.3. The molecule has 2 aromatic rings. The lowest BCUT2D eigenvalue weighted by Gasteiger charge is -2.12. The van der Waals surface area contributed by atoms with E-state index in [4.69, 9.17) is 5.26 Å². The van der Waals surface area contributed by atoms with Crippen LogP contribution in [0.15, 0.2) is 18.2 Å². The Morgan fingerprint density at radius 2 is 2.05 bits per heavy atom. The molecule has 0 aliphatic rings. The first-order valence-electron chi connectivity index (χ1n) is 6.03. The van der Waals surface area contributed by atoms with Gasteiger partial charge in [0.2, 0.25) is 0 Å². The molecule has 0 aliphatic carbocycles. The van der Waals surface area contributed by atoms with Crippen LogP contribution in [0.3, 0.4) is 0 Å². The number of alkyl halides is 3. The summed E-state index contributed by atoms with van der Waals surface area (Å²) in [6.45, 7) is 2.01. The maximum atomic E-state index is 12.8. The van der Waals surface area contributed by atoms with Crippen molar-refractivity contribution in [1.29, 1.82) is 5.26 Å². The van der Waals surface area contributed by atoms with E-state index in [9.17, 15) is 13.2 Å². The smallest absolute Gasteiger partial charge is 0.378 e. The number of nitriles is 1. The summed E-state index contributed by atoms with van der Waals surface area (Å²) in [6.07, 6.45) is -4.57. The zero-order valence-electron chi connectivity index (χ0n) is 11.4. The van der Waals surface area contributed by atoms with E-state index < -0.39 is 17.3 Å². The minimum atomic E-state index is -4.57. The second-order valence-electron chi connectivity index (χ2n) is 4.45. The van der Waals surface area contributed by atoms with Crippen molar-refractivity contribution in [3.05, 3.63) is 41.0 Å². The van der Waals surface area contributed by atoms with Crippen LogP contribution in [0.2, 0.25) is 0 Å². The largest absolute Gasteiger partial charge is 0.417 e. The number of anilines is 1. The summed E-state index contributed by atoms with van der Waals surface area (Å²) >= 11 is 0. The van der Waals surface area contributed by atoms with Crippen LogP contribution >= 0.6 is 0 Å². The van der Waals surface area contributed by atoms with Crippen LogP contribution in [-0.2, 0) is 19.8 Å². The molecule has 0 radical (unpaired) electrons. The Bertz CT molecular complexity index is 697. The van der Waals surface area contributed by atoms with E-state index in [-0.39, 0.29) is 12.2 Å². The van der Waals surface area contributed by atoms with Gasteiger partial charge in [-0.1, -0.05) is 0 Å². The van der Waals surface area contributed by atoms with Gasteiger partial charge in [0, 0.05) is 12.7 Å². The molecule has 1 N–H and O–H groups in total. The molecule has 21 heavy (non-hydrogen) atoms. The number of halogens is 3. The minimum absolute atomic E-state index is 0.237. The zero-order chi connectivity index (χ0) is 15.6. The Morgan fingerprint density at radius 1 is 1.33 bits per heavy atom. The monoisotopic (exact) mass is 295 g/mol. The molecule has 0 spiro atoms. The van der Waals surface area contributed by atoms with Gasteiger partial charge in [-0.15, -0.1) is 10.2 Å². The Balaban J connectivity index is 2.22. The number of hydrogen-bond donors (Lipinski definition) is 1. The maximum absolute atomic E-state index is 12.8. The number of benzene rings is 1. The molecule has 1 aromatic carbocycles. The number of nitrogens with one attached hydrogen (secondary N) is 1. The molecule has 1 aromatic heterocycles. The highest BCUT2D eigenvalue weighted by molar-refractivity contribution is 5.53. The fourth-order valence-corrected chi connectivity index (χ4v) is 1.77. The fourth-order valence-electron chi connectivity index (χ4n) is 1.77. The molecule has 0 fully saturated rings. The summed E-state index contributed by atoms with van der Waals surface area (Å²) in [6, 6.07) is 5.03. The lowest BCUT2D eigenvalue weighted by atomic mass is 10.1. The van der Waals surface area contributed by atoms with Crippen molar-refractivity contribution in [3.8, 4) is 6.07 Å². The van der Waals surface area contributed by atoms with Crippen molar-refractivity contribution in [3.63, 3.8) is 0 Å². The van der Waals surface area contributed by atoms with E-state index in [1.807, 2.05) is 0 Å². The first-order chi connectivity index (χ1) is 9.82. The molecule has 0 bridgehead atoms. The number of nitrogens with zero attached hydrogens (tertiary/aromatic N) is 4. The summed E-state index contributed by atoms with van der Waals surface area (Å²) in [5.74, 6) is 1.31. The maximum Gasteiger partial charge on any atom is 0.417 e. The predicted molar refractivity (Wildman–Crippen MR) is 69.2 cm³/mol. The van der Waals surface area contributed by atoms with Crippen molar-refractivity contribution in [2.24, 2.45) is 7.05 Å². The van der Waals surface area contributed by atoms with Crippen molar-refractivity contribution >= 4 is 5.69 Å². The molecule has 0 aliphatic heterocycles. The lowest BCUT2D eigenvalue weighted by molar-refractivity contribution is -0.137. The third kappa shape index (κ3) is 3.13. The molecular weight excluding hydrogens is 283 g/mol.